The predicted octanol–water partition coefficient (Wildman–Crippen LogP) is 5.57. The van der Waals surface area contributed by atoms with Crippen LogP contribution < -0.4 is 0 Å². The zero-order valence-electron chi connectivity index (χ0n) is 14.1. The first kappa shape index (κ1) is 16.8. The first-order valence-electron chi connectivity index (χ1n) is 8.29. The van der Waals surface area contributed by atoms with E-state index < -0.39 is 0 Å². The highest BCUT2D eigenvalue weighted by Crippen LogP contribution is 2.28. The first-order valence-corrected chi connectivity index (χ1v) is 8.29. The summed E-state index contributed by atoms with van der Waals surface area (Å²) in [6, 6.07) is 15.5. The van der Waals surface area contributed by atoms with E-state index in [4.69, 9.17) is 0 Å². The van der Waals surface area contributed by atoms with Crippen molar-refractivity contribution in [1.29, 1.82) is 0 Å². The van der Waals surface area contributed by atoms with E-state index >= 15 is 0 Å². The lowest BCUT2D eigenvalue weighted by Crippen LogP contribution is -2.12. The molecule has 0 aromatic heterocycles. The molecule has 25 heavy (non-hydrogen) atoms. The van der Waals surface area contributed by atoms with Crippen molar-refractivity contribution in [3.05, 3.63) is 70.8 Å². The molecule has 3 heteroatoms. The Hall–Kier alpha value is -3.07. The minimum atomic E-state index is 0.142. The third kappa shape index (κ3) is 4.07. The molecule has 0 amide bonds. The first-order chi connectivity index (χ1) is 12.2. The zero-order chi connectivity index (χ0) is 17.6. The molecular weight excluding hydrogens is 308 g/mol. The van der Waals surface area contributed by atoms with Gasteiger partial charge in [-0.3, -0.25) is 14.8 Å². The van der Waals surface area contributed by atoms with Crippen molar-refractivity contribution < 1.29 is 4.79 Å². The molecule has 2 aromatic carbocycles. The van der Waals surface area contributed by atoms with E-state index in [0.29, 0.717) is 0 Å². The topological polar surface area (TPSA) is 41.8 Å². The molecule has 0 aliphatic heterocycles. The largest absolute Gasteiger partial charge is 0.289 e. The Kier molecular flexibility index (Phi) is 5.14. The maximum absolute atomic E-state index is 12.8. The van der Waals surface area contributed by atoms with E-state index in [0.717, 1.165) is 52.9 Å². The van der Waals surface area contributed by atoms with E-state index in [1.807, 2.05) is 60.7 Å². The van der Waals surface area contributed by atoms with Gasteiger partial charge in [0.25, 0.3) is 0 Å². The molecule has 3 nitrogen and oxygen atoms in total. The number of nitrogens with zero attached hydrogens (tertiary/aromatic N) is 2. The fraction of sp³-hybridized carbons (Fsp3) is 0.136. The summed E-state index contributed by atoms with van der Waals surface area (Å²) in [5.41, 5.74) is 5.41. The molecule has 0 N–H and O–H groups in total. The molecule has 3 rings (SSSR count). The number of carbonyl (C=O) groups is 1. The minimum Gasteiger partial charge on any atom is -0.289 e. The van der Waals surface area contributed by atoms with Gasteiger partial charge in [0.05, 0.1) is 11.4 Å². The molecule has 0 heterocycles. The van der Waals surface area contributed by atoms with E-state index in [9.17, 15) is 4.79 Å². The van der Waals surface area contributed by atoms with E-state index in [2.05, 4.69) is 23.4 Å². The Labute approximate surface area is 148 Å². The molecule has 1 aliphatic carbocycles. The lowest BCUT2D eigenvalue weighted by molar-refractivity contribution is -0.112. The summed E-state index contributed by atoms with van der Waals surface area (Å²) < 4.78 is 0. The highest BCUT2D eigenvalue weighted by atomic mass is 16.1. The fourth-order valence-corrected chi connectivity index (χ4v) is 2.93. The summed E-state index contributed by atoms with van der Waals surface area (Å²) in [6.07, 6.45) is 6.58. The van der Waals surface area contributed by atoms with Gasteiger partial charge < -0.3 is 0 Å². The van der Waals surface area contributed by atoms with Crippen molar-refractivity contribution in [2.24, 2.45) is 9.98 Å². The molecule has 0 spiro atoms. The van der Waals surface area contributed by atoms with Crippen molar-refractivity contribution >= 4 is 42.7 Å². The molecule has 0 atom stereocenters. The summed E-state index contributed by atoms with van der Waals surface area (Å²) >= 11 is 0. The van der Waals surface area contributed by atoms with Gasteiger partial charge in [-0.1, -0.05) is 24.3 Å². The molecular formula is C22H20N2O. The normalized spacial score (nSPS) is 17.7. The molecule has 0 saturated heterocycles. The van der Waals surface area contributed by atoms with E-state index in [1.54, 1.807) is 0 Å². The predicted molar refractivity (Wildman–Crippen MR) is 106 cm³/mol. The molecule has 0 bridgehead atoms. The van der Waals surface area contributed by atoms with Crippen LogP contribution in [0.15, 0.2) is 69.7 Å². The summed E-state index contributed by atoms with van der Waals surface area (Å²) in [7, 11) is 0. The van der Waals surface area contributed by atoms with E-state index in [-0.39, 0.29) is 5.78 Å². The van der Waals surface area contributed by atoms with Crippen LogP contribution in [0.2, 0.25) is 0 Å². The average molecular weight is 328 g/mol. The van der Waals surface area contributed by atoms with Crippen LogP contribution in [0.1, 0.15) is 30.4 Å². The van der Waals surface area contributed by atoms with Crippen LogP contribution in [-0.4, -0.2) is 19.2 Å². The number of Topliss-reactive ketones (excluding diaryl/α,β-unsaturated/α-hetero) is 1. The SMILES string of the molecule is C=Nc1ccc(/C=C2\CCC/C(=C\c3ccc(N=C)cc3)C2=O)cc1. The van der Waals surface area contributed by atoms with Gasteiger partial charge in [-0.15, -0.1) is 0 Å². The Morgan fingerprint density at radius 2 is 1.12 bits per heavy atom. The van der Waals surface area contributed by atoms with Gasteiger partial charge in [-0.25, -0.2) is 0 Å². The summed E-state index contributed by atoms with van der Waals surface area (Å²) in [6.45, 7) is 7.03. The van der Waals surface area contributed by atoms with Gasteiger partial charge in [0, 0.05) is 11.1 Å². The zero-order valence-corrected chi connectivity index (χ0v) is 14.1. The number of benzene rings is 2. The monoisotopic (exact) mass is 328 g/mol. The number of aliphatic imine (C=N–C) groups is 2. The second-order valence-corrected chi connectivity index (χ2v) is 6.02. The van der Waals surface area contributed by atoms with Crippen molar-refractivity contribution in [2.75, 3.05) is 0 Å². The molecule has 1 saturated carbocycles. The van der Waals surface area contributed by atoms with Crippen LogP contribution in [0.25, 0.3) is 12.2 Å². The van der Waals surface area contributed by atoms with Crippen LogP contribution >= 0.6 is 0 Å². The maximum Gasteiger partial charge on any atom is 0.185 e. The Bertz CT molecular complexity index is 784. The number of allylic oxidation sites excluding steroid dienone is 2. The number of hydrogen-bond donors (Lipinski definition) is 0. The molecule has 0 unspecified atom stereocenters. The Morgan fingerprint density at radius 1 is 0.720 bits per heavy atom. The summed E-state index contributed by atoms with van der Waals surface area (Å²) in [5, 5.41) is 0. The van der Waals surface area contributed by atoms with E-state index in [1.165, 1.54) is 0 Å². The highest BCUT2D eigenvalue weighted by molar-refractivity contribution is 6.13. The van der Waals surface area contributed by atoms with Crippen LogP contribution in [0.4, 0.5) is 11.4 Å². The van der Waals surface area contributed by atoms with Crippen LogP contribution in [0.3, 0.4) is 0 Å². The van der Waals surface area contributed by atoms with Crippen LogP contribution in [-0.2, 0) is 4.79 Å². The Balaban J connectivity index is 1.84. The average Bonchev–Trinajstić information content (AvgIpc) is 2.66. The van der Waals surface area contributed by atoms with Gasteiger partial charge in [0.1, 0.15) is 0 Å². The van der Waals surface area contributed by atoms with Gasteiger partial charge >= 0.3 is 0 Å². The smallest absolute Gasteiger partial charge is 0.185 e. The fourth-order valence-electron chi connectivity index (χ4n) is 2.93. The second kappa shape index (κ2) is 7.67. The number of rotatable bonds is 4. The minimum absolute atomic E-state index is 0.142. The standard InChI is InChI=1S/C22H20N2O/c1-23-20-10-6-16(7-11-20)14-18-4-3-5-19(22(18)25)15-17-8-12-21(24-2)13-9-17/h6-15H,1-5H2/b18-14+,19-15+. The van der Waals surface area contributed by atoms with Crippen molar-refractivity contribution in [2.45, 2.75) is 19.3 Å². The summed E-state index contributed by atoms with van der Waals surface area (Å²) in [5.74, 6) is 0.142. The third-order valence-corrected chi connectivity index (χ3v) is 4.31. The molecule has 1 fully saturated rings. The summed E-state index contributed by atoms with van der Waals surface area (Å²) in [4.78, 5) is 20.6. The van der Waals surface area contributed by atoms with Gasteiger partial charge in [0.15, 0.2) is 5.78 Å². The molecule has 0 radical (unpaired) electrons. The van der Waals surface area contributed by atoms with Crippen LogP contribution in [0, 0.1) is 0 Å². The highest BCUT2D eigenvalue weighted by Gasteiger charge is 2.20. The number of carbonyl (C=O) groups excluding carboxylic acids is 1. The van der Waals surface area contributed by atoms with Crippen molar-refractivity contribution in [3.63, 3.8) is 0 Å². The van der Waals surface area contributed by atoms with Gasteiger partial charge in [-0.2, -0.15) is 0 Å². The quantitative estimate of drug-likeness (QED) is 0.534. The lowest BCUT2D eigenvalue weighted by Gasteiger charge is -2.16. The van der Waals surface area contributed by atoms with Crippen molar-refractivity contribution in [1.82, 2.24) is 0 Å². The maximum atomic E-state index is 12.8. The van der Waals surface area contributed by atoms with Crippen LogP contribution in [0.5, 0.6) is 0 Å². The number of hydrogen-bond acceptors (Lipinski definition) is 3. The lowest BCUT2D eigenvalue weighted by atomic mass is 9.87. The molecule has 124 valence electrons. The van der Waals surface area contributed by atoms with Gasteiger partial charge in [0.2, 0.25) is 0 Å². The number of ketones is 1. The van der Waals surface area contributed by atoms with Gasteiger partial charge in [-0.05, 0) is 80.2 Å². The third-order valence-electron chi connectivity index (χ3n) is 4.31. The van der Waals surface area contributed by atoms with Crippen molar-refractivity contribution in [3.8, 4) is 0 Å². The molecule has 2 aromatic rings. The second-order valence-electron chi connectivity index (χ2n) is 6.02. The Morgan fingerprint density at radius 3 is 1.48 bits per heavy atom. The molecule has 1 aliphatic rings.